The summed E-state index contributed by atoms with van der Waals surface area (Å²) in [7, 11) is 1.62. The Balaban J connectivity index is 2.06. The van der Waals surface area contributed by atoms with Crippen molar-refractivity contribution in [1.29, 1.82) is 0 Å². The summed E-state index contributed by atoms with van der Waals surface area (Å²) < 4.78 is 16.6. The molecular weight excluding hydrogens is 354 g/mol. The average Bonchev–Trinajstić information content (AvgIpc) is 2.88. The molecule has 1 aromatic rings. The molecule has 146 valence electrons. The first-order chi connectivity index (χ1) is 12.6. The van der Waals surface area contributed by atoms with Gasteiger partial charge in [-0.15, -0.1) is 0 Å². The molecule has 0 radical (unpaired) electrons. The number of carbonyl (C=O) groups is 1. The molecule has 0 heterocycles. The SMILES string of the molecule is CCCOC1(C(=O)Nc2ccc(OCCOC)c(Cl)c2)CCCCCC1. The maximum absolute atomic E-state index is 13.0. The Morgan fingerprint density at radius 1 is 1.15 bits per heavy atom. The number of rotatable bonds is 9. The highest BCUT2D eigenvalue weighted by molar-refractivity contribution is 6.32. The van der Waals surface area contributed by atoms with Gasteiger partial charge in [0, 0.05) is 19.4 Å². The summed E-state index contributed by atoms with van der Waals surface area (Å²) in [6.45, 7) is 3.58. The molecule has 1 fully saturated rings. The van der Waals surface area contributed by atoms with Gasteiger partial charge in [0.2, 0.25) is 0 Å². The van der Waals surface area contributed by atoms with Crippen molar-refractivity contribution in [2.75, 3.05) is 32.2 Å². The van der Waals surface area contributed by atoms with Crippen LogP contribution in [-0.2, 0) is 14.3 Å². The molecule has 0 atom stereocenters. The highest BCUT2D eigenvalue weighted by Crippen LogP contribution is 2.33. The Morgan fingerprint density at radius 3 is 2.50 bits per heavy atom. The Labute approximate surface area is 161 Å². The highest BCUT2D eigenvalue weighted by Gasteiger charge is 2.39. The Kier molecular flexibility index (Phi) is 8.69. The number of ether oxygens (including phenoxy) is 3. The van der Waals surface area contributed by atoms with Crippen LogP contribution in [0.25, 0.3) is 0 Å². The van der Waals surface area contributed by atoms with Crippen molar-refractivity contribution in [2.45, 2.75) is 57.5 Å². The van der Waals surface area contributed by atoms with Gasteiger partial charge in [-0.3, -0.25) is 4.79 Å². The van der Waals surface area contributed by atoms with E-state index in [4.69, 9.17) is 25.8 Å². The lowest BCUT2D eigenvalue weighted by molar-refractivity contribution is -0.143. The number of hydrogen-bond acceptors (Lipinski definition) is 4. The number of benzene rings is 1. The van der Waals surface area contributed by atoms with Gasteiger partial charge in [-0.2, -0.15) is 0 Å². The minimum atomic E-state index is -0.730. The number of halogens is 1. The fourth-order valence-corrected chi connectivity index (χ4v) is 3.44. The monoisotopic (exact) mass is 383 g/mol. The van der Waals surface area contributed by atoms with Crippen LogP contribution in [0.15, 0.2) is 18.2 Å². The van der Waals surface area contributed by atoms with Crippen molar-refractivity contribution in [3.8, 4) is 5.75 Å². The van der Waals surface area contributed by atoms with E-state index in [0.717, 1.165) is 44.9 Å². The molecule has 6 heteroatoms. The molecule has 0 aromatic heterocycles. The van der Waals surface area contributed by atoms with Gasteiger partial charge < -0.3 is 19.5 Å². The van der Waals surface area contributed by atoms with E-state index >= 15 is 0 Å². The summed E-state index contributed by atoms with van der Waals surface area (Å²) in [5.41, 5.74) is -0.0742. The molecule has 1 saturated carbocycles. The molecule has 1 aliphatic rings. The predicted octanol–water partition coefficient (Wildman–Crippen LogP) is 4.82. The van der Waals surface area contributed by atoms with Crippen molar-refractivity contribution in [3.63, 3.8) is 0 Å². The van der Waals surface area contributed by atoms with Crippen molar-refractivity contribution >= 4 is 23.2 Å². The van der Waals surface area contributed by atoms with Crippen LogP contribution in [-0.4, -0.2) is 38.4 Å². The molecule has 0 spiro atoms. The topological polar surface area (TPSA) is 56.8 Å². The van der Waals surface area contributed by atoms with E-state index in [0.29, 0.717) is 36.3 Å². The first-order valence-electron chi connectivity index (χ1n) is 9.48. The summed E-state index contributed by atoms with van der Waals surface area (Å²) in [5.74, 6) is 0.505. The summed E-state index contributed by atoms with van der Waals surface area (Å²) in [6, 6.07) is 5.28. The second-order valence-electron chi connectivity index (χ2n) is 6.70. The zero-order chi connectivity index (χ0) is 18.8. The van der Waals surface area contributed by atoms with Gasteiger partial charge in [0.25, 0.3) is 5.91 Å². The molecule has 1 N–H and O–H groups in total. The molecule has 0 aliphatic heterocycles. The smallest absolute Gasteiger partial charge is 0.256 e. The minimum absolute atomic E-state index is 0.0723. The molecule has 26 heavy (non-hydrogen) atoms. The molecular formula is C20H30ClNO4. The molecule has 0 unspecified atom stereocenters. The number of methoxy groups -OCH3 is 1. The predicted molar refractivity (Wildman–Crippen MR) is 104 cm³/mol. The Bertz CT molecular complexity index is 571. The minimum Gasteiger partial charge on any atom is -0.490 e. The van der Waals surface area contributed by atoms with Crippen LogP contribution in [0.2, 0.25) is 5.02 Å². The van der Waals surface area contributed by atoms with Gasteiger partial charge in [0.15, 0.2) is 0 Å². The Hall–Kier alpha value is -1.30. The third-order valence-corrected chi connectivity index (χ3v) is 4.94. The highest BCUT2D eigenvalue weighted by atomic mass is 35.5. The maximum Gasteiger partial charge on any atom is 0.256 e. The van der Waals surface area contributed by atoms with Crippen LogP contribution in [0.3, 0.4) is 0 Å². The van der Waals surface area contributed by atoms with E-state index in [2.05, 4.69) is 12.2 Å². The second-order valence-corrected chi connectivity index (χ2v) is 7.10. The standard InChI is InChI=1S/C20H30ClNO4/c1-3-12-26-20(10-6-4-5-7-11-20)19(23)22-16-8-9-18(17(21)15-16)25-14-13-24-2/h8-9,15H,3-7,10-14H2,1-2H3,(H,22,23). The van der Waals surface area contributed by atoms with Crippen LogP contribution in [0.5, 0.6) is 5.75 Å². The number of nitrogens with one attached hydrogen (secondary N) is 1. The van der Waals surface area contributed by atoms with Crippen molar-refractivity contribution < 1.29 is 19.0 Å². The normalized spacial score (nSPS) is 16.7. The van der Waals surface area contributed by atoms with Gasteiger partial charge >= 0.3 is 0 Å². The number of hydrogen-bond donors (Lipinski definition) is 1. The lowest BCUT2D eigenvalue weighted by Crippen LogP contribution is -2.45. The Morgan fingerprint density at radius 2 is 1.88 bits per heavy atom. The van der Waals surface area contributed by atoms with E-state index in [9.17, 15) is 4.79 Å². The van der Waals surface area contributed by atoms with Gasteiger partial charge in [0.1, 0.15) is 18.0 Å². The molecule has 5 nitrogen and oxygen atoms in total. The average molecular weight is 384 g/mol. The first kappa shape index (κ1) is 21.0. The zero-order valence-corrected chi connectivity index (χ0v) is 16.6. The summed E-state index contributed by atoms with van der Waals surface area (Å²) in [4.78, 5) is 13.0. The molecule has 2 rings (SSSR count). The quantitative estimate of drug-likeness (QED) is 0.490. The molecule has 1 amide bonds. The number of carbonyl (C=O) groups excluding carboxylic acids is 1. The number of amides is 1. The van der Waals surface area contributed by atoms with Crippen molar-refractivity contribution in [2.24, 2.45) is 0 Å². The summed E-state index contributed by atoms with van der Waals surface area (Å²) in [6.07, 6.45) is 6.78. The van der Waals surface area contributed by atoms with Crippen LogP contribution in [0, 0.1) is 0 Å². The largest absolute Gasteiger partial charge is 0.490 e. The van der Waals surface area contributed by atoms with Gasteiger partial charge in [-0.05, 0) is 37.5 Å². The fraction of sp³-hybridized carbons (Fsp3) is 0.650. The molecule has 1 aromatic carbocycles. The lowest BCUT2D eigenvalue weighted by atomic mass is 9.92. The summed E-state index contributed by atoms with van der Waals surface area (Å²) in [5, 5.41) is 3.46. The molecule has 1 aliphatic carbocycles. The second kappa shape index (κ2) is 10.8. The third-order valence-electron chi connectivity index (χ3n) is 4.64. The van der Waals surface area contributed by atoms with E-state index in [-0.39, 0.29) is 5.91 Å². The van der Waals surface area contributed by atoms with Crippen LogP contribution in [0.4, 0.5) is 5.69 Å². The third kappa shape index (κ3) is 5.86. The molecule has 0 saturated heterocycles. The van der Waals surface area contributed by atoms with Crippen molar-refractivity contribution in [1.82, 2.24) is 0 Å². The molecule has 0 bridgehead atoms. The first-order valence-corrected chi connectivity index (χ1v) is 9.86. The maximum atomic E-state index is 13.0. The van der Waals surface area contributed by atoms with E-state index in [1.54, 1.807) is 25.3 Å². The van der Waals surface area contributed by atoms with Gasteiger partial charge in [-0.1, -0.05) is 44.2 Å². The van der Waals surface area contributed by atoms with E-state index < -0.39 is 5.60 Å². The van der Waals surface area contributed by atoms with Crippen LogP contribution >= 0.6 is 11.6 Å². The van der Waals surface area contributed by atoms with E-state index in [1.165, 1.54) is 0 Å². The van der Waals surface area contributed by atoms with Crippen LogP contribution in [0.1, 0.15) is 51.9 Å². The van der Waals surface area contributed by atoms with Crippen molar-refractivity contribution in [3.05, 3.63) is 23.2 Å². The van der Waals surface area contributed by atoms with E-state index in [1.807, 2.05) is 0 Å². The van der Waals surface area contributed by atoms with Gasteiger partial charge in [0.05, 0.1) is 11.6 Å². The number of anilines is 1. The summed E-state index contributed by atoms with van der Waals surface area (Å²) >= 11 is 6.27. The zero-order valence-electron chi connectivity index (χ0n) is 15.8. The van der Waals surface area contributed by atoms with Gasteiger partial charge in [-0.25, -0.2) is 0 Å². The van der Waals surface area contributed by atoms with Crippen LogP contribution < -0.4 is 10.1 Å². The fourth-order valence-electron chi connectivity index (χ4n) is 3.21. The lowest BCUT2D eigenvalue weighted by Gasteiger charge is -2.31.